The highest BCUT2D eigenvalue weighted by atomic mass is 35.5. The number of carbonyl (C=O) groups is 1. The molecule has 1 aromatic carbocycles. The Balaban J connectivity index is 1.38. The summed E-state index contributed by atoms with van der Waals surface area (Å²) in [7, 11) is 1.59. The Labute approximate surface area is 212 Å². The number of hydrogen-bond donors (Lipinski definition) is 2. The van der Waals surface area contributed by atoms with E-state index in [0.717, 1.165) is 36.2 Å². The van der Waals surface area contributed by atoms with E-state index in [0.29, 0.717) is 35.7 Å². The van der Waals surface area contributed by atoms with Crippen LogP contribution in [-0.2, 0) is 4.79 Å². The number of aliphatic carboxylic acids is 1. The predicted octanol–water partition coefficient (Wildman–Crippen LogP) is 5.59. The van der Waals surface area contributed by atoms with Crippen LogP contribution in [0.2, 0.25) is 5.02 Å². The fraction of sp³-hybridized carbons (Fsp3) is 0.440. The Morgan fingerprint density at radius 2 is 2.26 bits per heavy atom. The number of halogens is 1. The van der Waals surface area contributed by atoms with Gasteiger partial charge < -0.3 is 19.8 Å². The summed E-state index contributed by atoms with van der Waals surface area (Å²) in [5.41, 5.74) is 1.36. The second-order valence-electron chi connectivity index (χ2n) is 8.57. The van der Waals surface area contributed by atoms with Crippen molar-refractivity contribution >= 4 is 51.6 Å². The van der Waals surface area contributed by atoms with Crippen LogP contribution in [0.3, 0.4) is 0 Å². The smallest absolute Gasteiger partial charge is 0.308 e. The summed E-state index contributed by atoms with van der Waals surface area (Å²) in [5, 5.41) is 24.2. The number of methoxy groups -OCH3 is 1. The number of nitrogens with zero attached hydrogens (tertiary/aromatic N) is 2. The van der Waals surface area contributed by atoms with Gasteiger partial charge in [0.05, 0.1) is 33.9 Å². The van der Waals surface area contributed by atoms with E-state index in [9.17, 15) is 15.0 Å². The summed E-state index contributed by atoms with van der Waals surface area (Å²) in [6.07, 6.45) is 2.63. The number of pyridine rings is 1. The van der Waals surface area contributed by atoms with Crippen LogP contribution in [0, 0.1) is 11.8 Å². The summed E-state index contributed by atoms with van der Waals surface area (Å²) >= 11 is 9.98. The molecular weight excluding hydrogens is 492 g/mol. The number of ether oxygens (including phenoxy) is 1. The largest absolute Gasteiger partial charge is 0.497 e. The van der Waals surface area contributed by atoms with Crippen molar-refractivity contribution in [1.82, 2.24) is 9.88 Å². The molecule has 6 nitrogen and oxygen atoms in total. The van der Waals surface area contributed by atoms with Gasteiger partial charge in [0.1, 0.15) is 5.75 Å². The van der Waals surface area contributed by atoms with Crippen LogP contribution < -0.4 is 4.74 Å². The van der Waals surface area contributed by atoms with Crippen molar-refractivity contribution in [3.8, 4) is 5.75 Å². The molecule has 1 saturated heterocycles. The van der Waals surface area contributed by atoms with Crippen molar-refractivity contribution in [2.45, 2.75) is 29.6 Å². The SMILES string of the molecule is COc1ccc2ncc(Cl)c([C@H](O)CC[C@@H]3CCN(CCSc4cccs4)C[C@@H]3C(=O)O)c2c1. The topological polar surface area (TPSA) is 82.9 Å². The summed E-state index contributed by atoms with van der Waals surface area (Å²) in [6.45, 7) is 2.31. The van der Waals surface area contributed by atoms with Gasteiger partial charge in [0.25, 0.3) is 0 Å². The minimum Gasteiger partial charge on any atom is -0.497 e. The lowest BCUT2D eigenvalue weighted by Gasteiger charge is -2.37. The molecule has 1 aliphatic rings. The highest BCUT2D eigenvalue weighted by molar-refractivity contribution is 8.01. The Kier molecular flexibility index (Phi) is 8.71. The first-order valence-electron chi connectivity index (χ1n) is 11.4. The van der Waals surface area contributed by atoms with E-state index in [-0.39, 0.29) is 5.92 Å². The fourth-order valence-electron chi connectivity index (χ4n) is 4.67. The third-order valence-corrected chi connectivity index (χ3v) is 8.93. The van der Waals surface area contributed by atoms with Crippen molar-refractivity contribution in [1.29, 1.82) is 0 Å². The number of fused-ring (bicyclic) bond motifs is 1. The van der Waals surface area contributed by atoms with Gasteiger partial charge in [-0.1, -0.05) is 17.7 Å². The summed E-state index contributed by atoms with van der Waals surface area (Å²) in [4.78, 5) is 18.7. The highest BCUT2D eigenvalue weighted by Crippen LogP contribution is 2.37. The Morgan fingerprint density at radius 1 is 1.41 bits per heavy atom. The molecule has 34 heavy (non-hydrogen) atoms. The Bertz CT molecular complexity index is 1110. The monoisotopic (exact) mass is 520 g/mol. The van der Waals surface area contributed by atoms with Crippen LogP contribution in [0.1, 0.15) is 30.9 Å². The molecule has 2 aromatic heterocycles. The molecule has 0 radical (unpaired) electrons. The molecule has 0 unspecified atom stereocenters. The molecule has 0 bridgehead atoms. The number of aromatic nitrogens is 1. The van der Waals surface area contributed by atoms with E-state index in [1.54, 1.807) is 24.6 Å². The van der Waals surface area contributed by atoms with Crippen molar-refractivity contribution in [3.63, 3.8) is 0 Å². The van der Waals surface area contributed by atoms with Crippen LogP contribution in [0.15, 0.2) is 46.1 Å². The van der Waals surface area contributed by atoms with Gasteiger partial charge in [0, 0.05) is 36.0 Å². The van der Waals surface area contributed by atoms with E-state index < -0.39 is 18.0 Å². The third-order valence-electron chi connectivity index (χ3n) is 6.52. The molecule has 3 atom stereocenters. The maximum atomic E-state index is 12.0. The van der Waals surface area contributed by atoms with E-state index in [2.05, 4.69) is 21.3 Å². The number of rotatable bonds is 10. The first-order valence-corrected chi connectivity index (χ1v) is 13.6. The van der Waals surface area contributed by atoms with Gasteiger partial charge in [-0.15, -0.1) is 23.1 Å². The van der Waals surface area contributed by atoms with Crippen molar-refractivity contribution < 1.29 is 19.7 Å². The van der Waals surface area contributed by atoms with Crippen molar-refractivity contribution in [3.05, 3.63) is 52.5 Å². The quantitative estimate of drug-likeness (QED) is 0.337. The second kappa shape index (κ2) is 11.7. The number of carboxylic acids is 1. The molecule has 0 spiro atoms. The molecule has 3 heterocycles. The van der Waals surface area contributed by atoms with Crippen LogP contribution in [-0.4, -0.2) is 58.6 Å². The van der Waals surface area contributed by atoms with Gasteiger partial charge in [0.2, 0.25) is 0 Å². The van der Waals surface area contributed by atoms with E-state index in [1.165, 1.54) is 4.21 Å². The zero-order valence-corrected chi connectivity index (χ0v) is 21.4. The molecule has 1 aliphatic heterocycles. The number of hydrogen-bond acceptors (Lipinski definition) is 7. The van der Waals surface area contributed by atoms with E-state index >= 15 is 0 Å². The van der Waals surface area contributed by atoms with Gasteiger partial charge in [-0.2, -0.15) is 0 Å². The second-order valence-corrected chi connectivity index (χ2v) is 11.3. The normalized spacial score (nSPS) is 19.9. The number of piperidine rings is 1. The van der Waals surface area contributed by atoms with Crippen molar-refractivity contribution in [2.24, 2.45) is 11.8 Å². The number of aliphatic hydroxyl groups is 1. The number of likely N-dealkylation sites (tertiary alicyclic amines) is 1. The van der Waals surface area contributed by atoms with E-state index in [1.807, 2.05) is 36.0 Å². The van der Waals surface area contributed by atoms with Gasteiger partial charge in [0.15, 0.2) is 0 Å². The first-order chi connectivity index (χ1) is 16.5. The van der Waals surface area contributed by atoms with Crippen LogP contribution in [0.25, 0.3) is 10.9 Å². The number of carboxylic acid groups (broad SMARTS) is 1. The standard InChI is InChI=1S/C25H29ClN2O4S2/c1-32-17-5-6-21-18(13-17)24(20(26)14-27-21)22(29)7-4-16-8-9-28(15-19(16)25(30)31)10-12-34-23-3-2-11-33-23/h2-3,5-6,11,13-14,16,19,22,29H,4,7-10,12,15H2,1H3,(H,30,31)/t16-,19+,22-/m1/s1. The van der Waals surface area contributed by atoms with Crippen LogP contribution in [0.4, 0.5) is 0 Å². The molecule has 0 saturated carbocycles. The summed E-state index contributed by atoms with van der Waals surface area (Å²) in [6, 6.07) is 9.66. The average Bonchev–Trinajstić information content (AvgIpc) is 3.36. The van der Waals surface area contributed by atoms with Gasteiger partial charge in [-0.3, -0.25) is 9.78 Å². The number of aliphatic hydroxyl groups excluding tert-OH is 1. The molecule has 4 rings (SSSR count). The van der Waals surface area contributed by atoms with Gasteiger partial charge in [-0.25, -0.2) is 0 Å². The minimum absolute atomic E-state index is 0.0229. The summed E-state index contributed by atoms with van der Waals surface area (Å²) < 4.78 is 6.62. The average molecular weight is 521 g/mol. The fourth-order valence-corrected chi connectivity index (χ4v) is 6.81. The molecule has 2 N–H and O–H groups in total. The molecule has 1 fully saturated rings. The lowest BCUT2D eigenvalue weighted by Crippen LogP contribution is -2.44. The van der Waals surface area contributed by atoms with Gasteiger partial charge >= 0.3 is 5.97 Å². The molecule has 9 heteroatoms. The maximum Gasteiger partial charge on any atom is 0.308 e. The van der Waals surface area contributed by atoms with E-state index in [4.69, 9.17) is 16.3 Å². The molecule has 3 aromatic rings. The Hall–Kier alpha value is -1.84. The zero-order valence-electron chi connectivity index (χ0n) is 19.0. The Morgan fingerprint density at radius 3 is 3.00 bits per heavy atom. The van der Waals surface area contributed by atoms with Gasteiger partial charge in [-0.05, 0) is 61.4 Å². The minimum atomic E-state index is -0.806. The lowest BCUT2D eigenvalue weighted by molar-refractivity contribution is -0.146. The molecule has 0 amide bonds. The maximum absolute atomic E-state index is 12.0. The van der Waals surface area contributed by atoms with Crippen molar-refractivity contribution in [2.75, 3.05) is 32.5 Å². The lowest BCUT2D eigenvalue weighted by atomic mass is 9.81. The number of benzene rings is 1. The highest BCUT2D eigenvalue weighted by Gasteiger charge is 2.34. The first kappa shape index (κ1) is 25.3. The number of thiophene rings is 1. The molecule has 0 aliphatic carbocycles. The summed E-state index contributed by atoms with van der Waals surface area (Å²) in [5.74, 6) is 0.452. The molecule has 182 valence electrons. The zero-order chi connectivity index (χ0) is 24.1. The molecular formula is C25H29ClN2O4S2. The number of thioether (sulfide) groups is 1. The van der Waals surface area contributed by atoms with Crippen LogP contribution in [0.5, 0.6) is 5.75 Å². The van der Waals surface area contributed by atoms with Crippen LogP contribution >= 0.6 is 34.7 Å². The predicted molar refractivity (Wildman–Crippen MR) is 138 cm³/mol. The third kappa shape index (κ3) is 6.04.